The summed E-state index contributed by atoms with van der Waals surface area (Å²) in [6, 6.07) is 3.81. The Labute approximate surface area is 99.7 Å². The Bertz CT molecular complexity index is 684. The van der Waals surface area contributed by atoms with Gasteiger partial charge in [0.2, 0.25) is 5.91 Å². The summed E-state index contributed by atoms with van der Waals surface area (Å²) < 4.78 is 6.04. The maximum Gasteiger partial charge on any atom is 0.419 e. The lowest BCUT2D eigenvalue weighted by molar-refractivity contribution is -0.384. The second kappa shape index (κ2) is 4.32. The van der Waals surface area contributed by atoms with E-state index in [9.17, 15) is 19.7 Å². The van der Waals surface area contributed by atoms with Gasteiger partial charge < -0.3 is 10.2 Å². The second-order valence-corrected chi connectivity index (χ2v) is 3.65. The first-order chi connectivity index (χ1) is 8.49. The van der Waals surface area contributed by atoms with Crippen molar-refractivity contribution in [2.24, 2.45) is 5.73 Å². The summed E-state index contributed by atoms with van der Waals surface area (Å²) in [6.07, 6.45) is -0.0444. The van der Waals surface area contributed by atoms with Crippen LogP contribution in [0.1, 0.15) is 6.42 Å². The number of primary amides is 1. The molecular weight excluding hydrogens is 242 g/mol. The zero-order valence-electron chi connectivity index (χ0n) is 9.16. The summed E-state index contributed by atoms with van der Waals surface area (Å²) >= 11 is 0. The van der Waals surface area contributed by atoms with Crippen LogP contribution in [0.5, 0.6) is 0 Å². The number of oxazole rings is 1. The van der Waals surface area contributed by atoms with Crippen molar-refractivity contribution in [1.29, 1.82) is 0 Å². The molecule has 0 saturated carbocycles. The van der Waals surface area contributed by atoms with E-state index in [2.05, 4.69) is 0 Å². The number of nitro benzene ring substituents is 1. The van der Waals surface area contributed by atoms with Gasteiger partial charge in [-0.15, -0.1) is 0 Å². The van der Waals surface area contributed by atoms with Crippen molar-refractivity contribution in [2.75, 3.05) is 0 Å². The molecule has 0 aliphatic carbocycles. The number of hydrogen-bond acceptors (Lipinski definition) is 5. The van der Waals surface area contributed by atoms with Gasteiger partial charge in [0, 0.05) is 25.1 Å². The van der Waals surface area contributed by atoms with Crippen molar-refractivity contribution < 1.29 is 14.1 Å². The molecule has 8 heteroatoms. The molecule has 0 atom stereocenters. The van der Waals surface area contributed by atoms with E-state index in [1.54, 1.807) is 0 Å². The Hall–Kier alpha value is -2.64. The van der Waals surface area contributed by atoms with Crippen molar-refractivity contribution >= 4 is 22.7 Å². The van der Waals surface area contributed by atoms with Crippen LogP contribution in [0.15, 0.2) is 27.4 Å². The van der Waals surface area contributed by atoms with Crippen LogP contribution in [0.25, 0.3) is 11.1 Å². The Morgan fingerprint density at radius 3 is 2.83 bits per heavy atom. The molecule has 0 fully saturated rings. The molecule has 2 aromatic rings. The molecule has 1 amide bonds. The minimum atomic E-state index is -0.674. The first-order valence-electron chi connectivity index (χ1n) is 5.05. The molecule has 94 valence electrons. The average Bonchev–Trinajstić information content (AvgIpc) is 2.60. The van der Waals surface area contributed by atoms with Gasteiger partial charge in [-0.3, -0.25) is 19.5 Å². The van der Waals surface area contributed by atoms with E-state index in [0.717, 1.165) is 4.57 Å². The molecule has 0 unspecified atom stereocenters. The minimum Gasteiger partial charge on any atom is -0.408 e. The predicted molar refractivity (Wildman–Crippen MR) is 60.9 cm³/mol. The molecule has 1 aromatic heterocycles. The summed E-state index contributed by atoms with van der Waals surface area (Å²) in [6.45, 7) is 0.0301. The third kappa shape index (κ3) is 2.08. The highest BCUT2D eigenvalue weighted by atomic mass is 16.6. The number of nitrogens with zero attached hydrogens (tertiary/aromatic N) is 2. The van der Waals surface area contributed by atoms with Crippen molar-refractivity contribution in [2.45, 2.75) is 13.0 Å². The summed E-state index contributed by atoms with van der Waals surface area (Å²) in [7, 11) is 0. The molecule has 0 bridgehead atoms. The van der Waals surface area contributed by atoms with Crippen molar-refractivity contribution in [3.8, 4) is 0 Å². The van der Waals surface area contributed by atoms with Crippen LogP contribution in [-0.4, -0.2) is 15.4 Å². The molecule has 0 aliphatic heterocycles. The first-order valence-corrected chi connectivity index (χ1v) is 5.05. The fourth-order valence-electron chi connectivity index (χ4n) is 1.60. The van der Waals surface area contributed by atoms with Gasteiger partial charge in [-0.1, -0.05) is 0 Å². The van der Waals surface area contributed by atoms with E-state index >= 15 is 0 Å². The van der Waals surface area contributed by atoms with Crippen LogP contribution in [0, 0.1) is 10.1 Å². The number of rotatable bonds is 4. The lowest BCUT2D eigenvalue weighted by Gasteiger charge is -1.99. The van der Waals surface area contributed by atoms with Crippen LogP contribution in [0.4, 0.5) is 5.69 Å². The van der Waals surface area contributed by atoms with Gasteiger partial charge in [0.15, 0.2) is 5.58 Å². The van der Waals surface area contributed by atoms with E-state index in [0.29, 0.717) is 0 Å². The van der Waals surface area contributed by atoms with Crippen LogP contribution >= 0.6 is 0 Å². The highest BCUT2D eigenvalue weighted by molar-refractivity contribution is 5.77. The summed E-state index contributed by atoms with van der Waals surface area (Å²) in [5, 5.41) is 10.6. The number of aryl methyl sites for hydroxylation is 1. The Kier molecular flexibility index (Phi) is 2.84. The number of amides is 1. The molecule has 1 aromatic carbocycles. The van der Waals surface area contributed by atoms with E-state index in [1.165, 1.54) is 18.2 Å². The standard InChI is InChI=1S/C10H9N3O5/c11-9(14)3-4-12-7-5-6(13(16)17)1-2-8(7)18-10(12)15/h1-2,5H,3-4H2,(H2,11,14). The lowest BCUT2D eigenvalue weighted by Crippen LogP contribution is -2.19. The van der Waals surface area contributed by atoms with Crippen molar-refractivity contribution in [3.05, 3.63) is 38.9 Å². The fraction of sp³-hybridized carbons (Fsp3) is 0.200. The van der Waals surface area contributed by atoms with Crippen LogP contribution < -0.4 is 11.5 Å². The van der Waals surface area contributed by atoms with E-state index < -0.39 is 16.6 Å². The average molecular weight is 251 g/mol. The Morgan fingerprint density at radius 1 is 1.50 bits per heavy atom. The zero-order valence-corrected chi connectivity index (χ0v) is 9.16. The van der Waals surface area contributed by atoms with Gasteiger partial charge in [-0.2, -0.15) is 0 Å². The summed E-state index contributed by atoms with van der Waals surface area (Å²) in [4.78, 5) is 32.3. The monoisotopic (exact) mass is 251 g/mol. The highest BCUT2D eigenvalue weighted by Gasteiger charge is 2.14. The van der Waals surface area contributed by atoms with E-state index in [4.69, 9.17) is 10.2 Å². The van der Waals surface area contributed by atoms with Gasteiger partial charge >= 0.3 is 5.76 Å². The van der Waals surface area contributed by atoms with Gasteiger partial charge in [0.05, 0.1) is 10.4 Å². The molecule has 0 aliphatic rings. The number of non-ortho nitro benzene ring substituents is 1. The molecule has 0 radical (unpaired) electrons. The molecule has 0 saturated heterocycles. The van der Waals surface area contributed by atoms with Crippen LogP contribution in [0.3, 0.4) is 0 Å². The molecule has 0 spiro atoms. The number of nitrogens with two attached hydrogens (primary N) is 1. The predicted octanol–water partition coefficient (Wildman–Crippen LogP) is 0.378. The highest BCUT2D eigenvalue weighted by Crippen LogP contribution is 2.20. The lowest BCUT2D eigenvalue weighted by atomic mass is 10.3. The normalized spacial score (nSPS) is 10.7. The number of carbonyl (C=O) groups is 1. The molecule has 2 N–H and O–H groups in total. The quantitative estimate of drug-likeness (QED) is 0.621. The largest absolute Gasteiger partial charge is 0.419 e. The third-order valence-electron chi connectivity index (χ3n) is 2.44. The molecule has 8 nitrogen and oxygen atoms in total. The number of aromatic nitrogens is 1. The van der Waals surface area contributed by atoms with Crippen molar-refractivity contribution in [1.82, 2.24) is 4.57 Å². The number of fused-ring (bicyclic) bond motifs is 1. The molecular formula is C10H9N3O5. The van der Waals surface area contributed by atoms with E-state index in [-0.39, 0.29) is 29.8 Å². The second-order valence-electron chi connectivity index (χ2n) is 3.65. The van der Waals surface area contributed by atoms with Gasteiger partial charge in [-0.25, -0.2) is 4.79 Å². The molecule has 2 rings (SSSR count). The maximum atomic E-state index is 11.5. The Balaban J connectivity index is 2.53. The number of nitro groups is 1. The number of hydrogen-bond donors (Lipinski definition) is 1. The molecule has 1 heterocycles. The first kappa shape index (κ1) is 11.8. The van der Waals surface area contributed by atoms with Crippen LogP contribution in [-0.2, 0) is 11.3 Å². The topological polar surface area (TPSA) is 121 Å². The SMILES string of the molecule is NC(=O)CCn1c(=O)oc2ccc([N+](=O)[O-])cc21. The Morgan fingerprint density at radius 2 is 2.22 bits per heavy atom. The van der Waals surface area contributed by atoms with E-state index in [1.807, 2.05) is 0 Å². The minimum absolute atomic E-state index is 0.0301. The summed E-state index contributed by atoms with van der Waals surface area (Å²) in [5.74, 6) is -1.24. The third-order valence-corrected chi connectivity index (χ3v) is 2.44. The maximum absolute atomic E-state index is 11.5. The van der Waals surface area contributed by atoms with Crippen LogP contribution in [0.2, 0.25) is 0 Å². The van der Waals surface area contributed by atoms with Gasteiger partial charge in [0.1, 0.15) is 0 Å². The number of benzene rings is 1. The fourth-order valence-corrected chi connectivity index (χ4v) is 1.60. The summed E-state index contributed by atoms with van der Waals surface area (Å²) in [5.41, 5.74) is 5.34. The smallest absolute Gasteiger partial charge is 0.408 e. The van der Waals surface area contributed by atoms with Crippen molar-refractivity contribution in [3.63, 3.8) is 0 Å². The zero-order chi connectivity index (χ0) is 13.3. The van der Waals surface area contributed by atoms with Gasteiger partial charge in [0.25, 0.3) is 5.69 Å². The number of carbonyl (C=O) groups excluding carboxylic acids is 1. The van der Waals surface area contributed by atoms with Gasteiger partial charge in [-0.05, 0) is 6.07 Å². The molecule has 18 heavy (non-hydrogen) atoms.